The molecule has 6 heteroatoms. The van der Waals surface area contributed by atoms with Crippen LogP contribution in [0.2, 0.25) is 0 Å². The third-order valence-corrected chi connectivity index (χ3v) is 3.85. The van der Waals surface area contributed by atoms with Crippen molar-refractivity contribution in [3.8, 4) is 0 Å². The van der Waals surface area contributed by atoms with Crippen molar-refractivity contribution in [2.24, 2.45) is 17.1 Å². The molecule has 0 aromatic carbocycles. The smallest absolute Gasteiger partial charge is 0.271 e. The second-order valence-electron chi connectivity index (χ2n) is 5.35. The maximum atomic E-state index is 11.9. The van der Waals surface area contributed by atoms with Gasteiger partial charge in [-0.1, -0.05) is 13.8 Å². The number of nitrogens with zero attached hydrogens (tertiary/aromatic N) is 2. The lowest BCUT2D eigenvalue weighted by Crippen LogP contribution is -2.33. The normalized spacial score (nSPS) is 16.2. The Kier molecular flexibility index (Phi) is 3.50. The first-order chi connectivity index (χ1) is 8.94. The van der Waals surface area contributed by atoms with Crippen LogP contribution in [0, 0.1) is 11.3 Å². The van der Waals surface area contributed by atoms with E-state index >= 15 is 0 Å². The highest BCUT2D eigenvalue weighted by Gasteiger charge is 2.45. The first-order valence-electron chi connectivity index (χ1n) is 6.35. The molecule has 2 rings (SSSR count). The van der Waals surface area contributed by atoms with Crippen LogP contribution in [0.3, 0.4) is 0 Å². The molecular weight excluding hydrogens is 244 g/mol. The number of primary amides is 1. The van der Waals surface area contributed by atoms with Crippen LogP contribution in [0.15, 0.2) is 12.4 Å². The number of hydrogen-bond acceptors (Lipinski definition) is 4. The average molecular weight is 262 g/mol. The molecule has 3 N–H and O–H groups in total. The van der Waals surface area contributed by atoms with E-state index in [0.29, 0.717) is 12.5 Å². The molecule has 0 spiro atoms. The van der Waals surface area contributed by atoms with Gasteiger partial charge in [0.05, 0.1) is 12.4 Å². The summed E-state index contributed by atoms with van der Waals surface area (Å²) in [7, 11) is 0. The minimum absolute atomic E-state index is 0.0531. The van der Waals surface area contributed by atoms with E-state index in [4.69, 9.17) is 5.73 Å². The summed E-state index contributed by atoms with van der Waals surface area (Å²) in [6.07, 6.45) is 4.78. The summed E-state index contributed by atoms with van der Waals surface area (Å²) in [5.41, 5.74) is 5.55. The van der Waals surface area contributed by atoms with Crippen LogP contribution < -0.4 is 11.1 Å². The Morgan fingerprint density at radius 1 is 1.32 bits per heavy atom. The largest absolute Gasteiger partial charge is 0.364 e. The monoisotopic (exact) mass is 262 g/mol. The van der Waals surface area contributed by atoms with E-state index in [-0.39, 0.29) is 22.7 Å². The fraction of sp³-hybridized carbons (Fsp3) is 0.538. The molecule has 0 aliphatic heterocycles. The average Bonchev–Trinajstić information content (AvgIpc) is 3.17. The lowest BCUT2D eigenvalue weighted by atomic mass is 9.92. The maximum absolute atomic E-state index is 11.9. The molecule has 6 nitrogen and oxygen atoms in total. The Morgan fingerprint density at radius 2 is 1.89 bits per heavy atom. The molecule has 0 unspecified atom stereocenters. The van der Waals surface area contributed by atoms with E-state index in [1.54, 1.807) is 0 Å². The fourth-order valence-corrected chi connectivity index (χ4v) is 2.04. The highest BCUT2D eigenvalue weighted by molar-refractivity contribution is 5.93. The Balaban J connectivity index is 1.95. The second kappa shape index (κ2) is 4.95. The molecule has 1 saturated carbocycles. The van der Waals surface area contributed by atoms with Crippen molar-refractivity contribution >= 4 is 11.8 Å². The van der Waals surface area contributed by atoms with Gasteiger partial charge in [-0.25, -0.2) is 9.97 Å². The van der Waals surface area contributed by atoms with E-state index in [0.717, 1.165) is 12.8 Å². The Labute approximate surface area is 111 Å². The molecule has 0 saturated heterocycles. The molecule has 0 bridgehead atoms. The van der Waals surface area contributed by atoms with Crippen molar-refractivity contribution in [3.05, 3.63) is 23.8 Å². The lowest BCUT2D eigenvalue weighted by molar-refractivity contribution is 0.0931. The minimum atomic E-state index is -0.656. The van der Waals surface area contributed by atoms with Gasteiger partial charge in [-0.15, -0.1) is 0 Å². The molecule has 1 aliphatic carbocycles. The molecule has 1 aromatic rings. The van der Waals surface area contributed by atoms with Gasteiger partial charge < -0.3 is 11.1 Å². The van der Waals surface area contributed by atoms with Crippen LogP contribution in [0.1, 0.15) is 47.7 Å². The van der Waals surface area contributed by atoms with Gasteiger partial charge in [0.1, 0.15) is 11.4 Å². The molecule has 102 valence electrons. The number of carbonyl (C=O) groups excluding carboxylic acids is 2. The molecule has 19 heavy (non-hydrogen) atoms. The van der Waals surface area contributed by atoms with Crippen LogP contribution in [0.25, 0.3) is 0 Å². The van der Waals surface area contributed by atoms with E-state index < -0.39 is 5.91 Å². The summed E-state index contributed by atoms with van der Waals surface area (Å²) < 4.78 is 0. The number of nitrogens with two attached hydrogens (primary N) is 1. The maximum Gasteiger partial charge on any atom is 0.271 e. The third-order valence-electron chi connectivity index (χ3n) is 3.85. The van der Waals surface area contributed by atoms with Gasteiger partial charge in [-0.2, -0.15) is 0 Å². The predicted molar refractivity (Wildman–Crippen MR) is 69.4 cm³/mol. The summed E-state index contributed by atoms with van der Waals surface area (Å²) in [4.78, 5) is 30.4. The molecule has 1 heterocycles. The number of carbonyl (C=O) groups is 2. The molecule has 2 amide bonds. The van der Waals surface area contributed by atoms with E-state index in [1.807, 2.05) is 0 Å². The molecule has 1 fully saturated rings. The van der Waals surface area contributed by atoms with E-state index in [2.05, 4.69) is 29.1 Å². The summed E-state index contributed by atoms with van der Waals surface area (Å²) in [6, 6.07) is 0. The Bertz CT molecular complexity index is 492. The predicted octanol–water partition coefficient (Wildman–Crippen LogP) is 0.741. The zero-order chi connectivity index (χ0) is 14.0. The molecule has 1 aliphatic rings. The second-order valence-corrected chi connectivity index (χ2v) is 5.35. The SMILES string of the molecule is CC(C)C1(CNC(=O)c2cnc(C(N)=O)cn2)CC1. The highest BCUT2D eigenvalue weighted by atomic mass is 16.2. The number of rotatable bonds is 5. The van der Waals surface area contributed by atoms with Gasteiger partial charge >= 0.3 is 0 Å². The number of amides is 2. The molecule has 0 radical (unpaired) electrons. The van der Waals surface area contributed by atoms with Crippen molar-refractivity contribution in [1.29, 1.82) is 0 Å². The van der Waals surface area contributed by atoms with Crippen LogP contribution in [-0.2, 0) is 0 Å². The lowest BCUT2D eigenvalue weighted by Gasteiger charge is -2.19. The summed E-state index contributed by atoms with van der Waals surface area (Å²) in [6.45, 7) is 4.99. The molecule has 0 atom stereocenters. The zero-order valence-electron chi connectivity index (χ0n) is 11.1. The number of hydrogen-bond donors (Lipinski definition) is 2. The molecular formula is C13H18N4O2. The van der Waals surface area contributed by atoms with E-state index in [9.17, 15) is 9.59 Å². The first-order valence-corrected chi connectivity index (χ1v) is 6.35. The quantitative estimate of drug-likeness (QED) is 0.817. The van der Waals surface area contributed by atoms with Crippen molar-refractivity contribution in [3.63, 3.8) is 0 Å². The number of aromatic nitrogens is 2. The topological polar surface area (TPSA) is 98.0 Å². The van der Waals surface area contributed by atoms with E-state index in [1.165, 1.54) is 12.4 Å². The van der Waals surface area contributed by atoms with Gasteiger partial charge in [0.25, 0.3) is 11.8 Å². The van der Waals surface area contributed by atoms with Crippen molar-refractivity contribution < 1.29 is 9.59 Å². The first kappa shape index (κ1) is 13.5. The van der Waals surface area contributed by atoms with Crippen LogP contribution in [0.5, 0.6) is 0 Å². The highest BCUT2D eigenvalue weighted by Crippen LogP contribution is 2.51. The number of nitrogens with one attached hydrogen (secondary N) is 1. The van der Waals surface area contributed by atoms with Crippen molar-refractivity contribution in [1.82, 2.24) is 15.3 Å². The third kappa shape index (κ3) is 2.89. The van der Waals surface area contributed by atoms with Gasteiger partial charge in [-0.3, -0.25) is 9.59 Å². The van der Waals surface area contributed by atoms with Gasteiger partial charge in [-0.05, 0) is 24.2 Å². The van der Waals surface area contributed by atoms with Gasteiger partial charge in [0.15, 0.2) is 0 Å². The standard InChI is InChI=1S/C13H18N4O2/c1-8(2)13(3-4-13)7-17-12(19)10-6-15-9(5-16-10)11(14)18/h5-6,8H,3-4,7H2,1-2H3,(H2,14,18)(H,17,19). The Morgan fingerprint density at radius 3 is 2.32 bits per heavy atom. The molecule has 1 aromatic heterocycles. The van der Waals surface area contributed by atoms with Crippen molar-refractivity contribution in [2.75, 3.05) is 6.54 Å². The van der Waals surface area contributed by atoms with Crippen LogP contribution in [-0.4, -0.2) is 28.3 Å². The summed E-state index contributed by atoms with van der Waals surface area (Å²) >= 11 is 0. The van der Waals surface area contributed by atoms with Crippen LogP contribution >= 0.6 is 0 Å². The van der Waals surface area contributed by atoms with Crippen LogP contribution in [0.4, 0.5) is 0 Å². The Hall–Kier alpha value is -1.98. The summed E-state index contributed by atoms with van der Waals surface area (Å²) in [5, 5.41) is 2.87. The van der Waals surface area contributed by atoms with Crippen molar-refractivity contribution in [2.45, 2.75) is 26.7 Å². The zero-order valence-corrected chi connectivity index (χ0v) is 11.1. The summed E-state index contributed by atoms with van der Waals surface area (Å²) in [5.74, 6) is -0.372. The fourth-order valence-electron chi connectivity index (χ4n) is 2.04. The van der Waals surface area contributed by atoms with Gasteiger partial charge in [0, 0.05) is 6.54 Å². The van der Waals surface area contributed by atoms with Gasteiger partial charge in [0.2, 0.25) is 0 Å². The minimum Gasteiger partial charge on any atom is -0.364 e.